The molecule has 0 aliphatic carbocycles. The normalized spacial score (nSPS) is 11.1. The number of rotatable bonds is 2. The van der Waals surface area contributed by atoms with Crippen LogP contribution in [0.4, 0.5) is 5.69 Å². The number of fused-ring (bicyclic) bond motifs is 1. The Morgan fingerprint density at radius 2 is 2.29 bits per heavy atom. The summed E-state index contributed by atoms with van der Waals surface area (Å²) in [7, 11) is 0. The van der Waals surface area contributed by atoms with Crippen LogP contribution in [-0.4, -0.2) is 14.8 Å². The third-order valence-corrected chi connectivity index (χ3v) is 3.56. The lowest BCUT2D eigenvalue weighted by Gasteiger charge is -1.94. The predicted molar refractivity (Wildman–Crippen MR) is 70.1 cm³/mol. The van der Waals surface area contributed by atoms with Gasteiger partial charge < -0.3 is 5.73 Å². The first-order valence-corrected chi connectivity index (χ1v) is 6.16. The lowest BCUT2D eigenvalue weighted by molar-refractivity contribution is 0.684. The molecule has 86 valence electrons. The van der Waals surface area contributed by atoms with E-state index >= 15 is 0 Å². The highest BCUT2D eigenvalue weighted by atomic mass is 32.1. The van der Waals surface area contributed by atoms with E-state index in [4.69, 9.17) is 5.73 Å². The monoisotopic (exact) mass is 244 g/mol. The number of anilines is 1. The van der Waals surface area contributed by atoms with Gasteiger partial charge in [-0.1, -0.05) is 6.07 Å². The maximum atomic E-state index is 5.63. The molecular formula is C12H12N4S. The maximum absolute atomic E-state index is 5.63. The standard InChI is InChI=1S/C12H12N4S/c1-8-2-3-11-10(4-8)15-12(17-11)7-16-6-9(13)5-14-16/h2-6H,7,13H2,1H3. The number of nitrogens with zero attached hydrogens (tertiary/aromatic N) is 3. The minimum atomic E-state index is 0.676. The Morgan fingerprint density at radius 1 is 1.41 bits per heavy atom. The van der Waals surface area contributed by atoms with Gasteiger partial charge >= 0.3 is 0 Å². The SMILES string of the molecule is Cc1ccc2sc(Cn3cc(N)cn3)nc2c1. The van der Waals surface area contributed by atoms with Crippen LogP contribution in [0.2, 0.25) is 0 Å². The molecule has 17 heavy (non-hydrogen) atoms. The number of hydrogen-bond acceptors (Lipinski definition) is 4. The molecule has 0 aliphatic rings. The first-order chi connectivity index (χ1) is 8.20. The number of nitrogen functional groups attached to an aromatic ring is 1. The fraction of sp³-hybridized carbons (Fsp3) is 0.167. The van der Waals surface area contributed by atoms with Gasteiger partial charge in [0.1, 0.15) is 5.01 Å². The molecule has 3 rings (SSSR count). The van der Waals surface area contributed by atoms with Crippen molar-refractivity contribution in [2.24, 2.45) is 0 Å². The number of thiazole rings is 1. The van der Waals surface area contributed by atoms with Gasteiger partial charge in [-0.25, -0.2) is 4.98 Å². The second kappa shape index (κ2) is 3.85. The van der Waals surface area contributed by atoms with E-state index in [1.807, 2.05) is 6.20 Å². The molecule has 0 bridgehead atoms. The number of benzene rings is 1. The Bertz CT molecular complexity index is 668. The van der Waals surface area contributed by atoms with Crippen molar-refractivity contribution in [1.82, 2.24) is 14.8 Å². The molecule has 0 fully saturated rings. The number of hydrogen-bond donors (Lipinski definition) is 1. The molecule has 0 amide bonds. The lowest BCUT2D eigenvalue weighted by atomic mass is 10.2. The Morgan fingerprint density at radius 3 is 3.06 bits per heavy atom. The number of aryl methyl sites for hydroxylation is 1. The predicted octanol–water partition coefficient (Wildman–Crippen LogP) is 2.43. The molecule has 0 unspecified atom stereocenters. The zero-order valence-corrected chi connectivity index (χ0v) is 10.2. The largest absolute Gasteiger partial charge is 0.396 e. The first-order valence-electron chi connectivity index (χ1n) is 5.35. The Hall–Kier alpha value is -1.88. The summed E-state index contributed by atoms with van der Waals surface area (Å²) in [5.74, 6) is 0. The molecule has 4 nitrogen and oxygen atoms in total. The van der Waals surface area contributed by atoms with Gasteiger partial charge in [0.05, 0.1) is 28.6 Å². The van der Waals surface area contributed by atoms with Gasteiger partial charge in [-0.3, -0.25) is 4.68 Å². The summed E-state index contributed by atoms with van der Waals surface area (Å²) in [6.45, 7) is 2.75. The fourth-order valence-corrected chi connectivity index (χ4v) is 2.70. The Balaban J connectivity index is 1.95. The molecule has 0 spiro atoms. The maximum Gasteiger partial charge on any atom is 0.115 e. The van der Waals surface area contributed by atoms with Crippen molar-refractivity contribution in [3.8, 4) is 0 Å². The van der Waals surface area contributed by atoms with Crippen LogP contribution in [0.3, 0.4) is 0 Å². The van der Waals surface area contributed by atoms with E-state index in [2.05, 4.69) is 35.2 Å². The lowest BCUT2D eigenvalue weighted by Crippen LogP contribution is -1.98. The minimum absolute atomic E-state index is 0.676. The zero-order valence-electron chi connectivity index (χ0n) is 9.42. The van der Waals surface area contributed by atoms with Gasteiger partial charge in [-0.05, 0) is 24.6 Å². The summed E-state index contributed by atoms with van der Waals surface area (Å²) in [6.07, 6.45) is 3.47. The molecule has 0 saturated carbocycles. The third kappa shape index (κ3) is 2.01. The van der Waals surface area contributed by atoms with Crippen molar-refractivity contribution in [3.05, 3.63) is 41.2 Å². The van der Waals surface area contributed by atoms with E-state index < -0.39 is 0 Å². The second-order valence-corrected chi connectivity index (χ2v) is 5.17. The zero-order chi connectivity index (χ0) is 11.8. The quantitative estimate of drug-likeness (QED) is 0.753. The number of nitrogens with two attached hydrogens (primary N) is 1. The van der Waals surface area contributed by atoms with E-state index in [1.165, 1.54) is 10.3 Å². The molecule has 0 aliphatic heterocycles. The molecule has 3 aromatic rings. The van der Waals surface area contributed by atoms with Crippen LogP contribution >= 0.6 is 11.3 Å². The summed E-state index contributed by atoms with van der Waals surface area (Å²) in [6, 6.07) is 6.33. The average molecular weight is 244 g/mol. The molecule has 1 aromatic carbocycles. The molecule has 0 saturated heterocycles. The van der Waals surface area contributed by atoms with Crippen LogP contribution in [0, 0.1) is 6.92 Å². The van der Waals surface area contributed by atoms with Crippen molar-refractivity contribution >= 4 is 27.2 Å². The molecule has 5 heteroatoms. The summed E-state index contributed by atoms with van der Waals surface area (Å²) >= 11 is 1.70. The van der Waals surface area contributed by atoms with E-state index in [1.54, 1.807) is 22.2 Å². The first kappa shape index (κ1) is 10.3. The second-order valence-electron chi connectivity index (χ2n) is 4.05. The van der Waals surface area contributed by atoms with Crippen LogP contribution in [0.1, 0.15) is 10.6 Å². The highest BCUT2D eigenvalue weighted by molar-refractivity contribution is 7.18. The summed E-state index contributed by atoms with van der Waals surface area (Å²) < 4.78 is 3.02. The van der Waals surface area contributed by atoms with E-state index in [0.29, 0.717) is 12.2 Å². The molecule has 0 radical (unpaired) electrons. The minimum Gasteiger partial charge on any atom is -0.396 e. The van der Waals surface area contributed by atoms with Gasteiger partial charge in [-0.15, -0.1) is 11.3 Å². The summed E-state index contributed by atoms with van der Waals surface area (Å²) in [4.78, 5) is 4.59. The van der Waals surface area contributed by atoms with Crippen molar-refractivity contribution in [1.29, 1.82) is 0 Å². The molecule has 0 atom stereocenters. The third-order valence-electron chi connectivity index (χ3n) is 2.54. The smallest absolute Gasteiger partial charge is 0.115 e. The van der Waals surface area contributed by atoms with Gasteiger partial charge in [0, 0.05) is 6.20 Å². The Kier molecular flexibility index (Phi) is 2.33. The van der Waals surface area contributed by atoms with Gasteiger partial charge in [0.15, 0.2) is 0 Å². The van der Waals surface area contributed by atoms with E-state index in [0.717, 1.165) is 10.5 Å². The average Bonchev–Trinajstić information content (AvgIpc) is 2.84. The topological polar surface area (TPSA) is 56.7 Å². The summed E-state index contributed by atoms with van der Waals surface area (Å²) in [5.41, 5.74) is 8.60. The molecule has 2 heterocycles. The van der Waals surface area contributed by atoms with E-state index in [-0.39, 0.29) is 0 Å². The van der Waals surface area contributed by atoms with Crippen LogP contribution in [0.5, 0.6) is 0 Å². The van der Waals surface area contributed by atoms with Crippen molar-refractivity contribution in [2.45, 2.75) is 13.5 Å². The fourth-order valence-electron chi connectivity index (χ4n) is 1.76. The van der Waals surface area contributed by atoms with Crippen molar-refractivity contribution in [2.75, 3.05) is 5.73 Å². The highest BCUT2D eigenvalue weighted by Crippen LogP contribution is 2.23. The van der Waals surface area contributed by atoms with Gasteiger partial charge in [-0.2, -0.15) is 5.10 Å². The van der Waals surface area contributed by atoms with Crippen molar-refractivity contribution < 1.29 is 0 Å². The molecule has 2 N–H and O–H groups in total. The highest BCUT2D eigenvalue weighted by Gasteiger charge is 2.05. The van der Waals surface area contributed by atoms with Gasteiger partial charge in [0.25, 0.3) is 0 Å². The summed E-state index contributed by atoms with van der Waals surface area (Å²) in [5, 5.41) is 5.21. The van der Waals surface area contributed by atoms with E-state index in [9.17, 15) is 0 Å². The van der Waals surface area contributed by atoms with Gasteiger partial charge in [0.2, 0.25) is 0 Å². The van der Waals surface area contributed by atoms with Crippen molar-refractivity contribution in [3.63, 3.8) is 0 Å². The molecule has 2 aromatic heterocycles. The number of aromatic nitrogens is 3. The van der Waals surface area contributed by atoms with Crippen LogP contribution < -0.4 is 5.73 Å². The van der Waals surface area contributed by atoms with Crippen LogP contribution in [0.25, 0.3) is 10.2 Å². The molecular weight excluding hydrogens is 232 g/mol. The van der Waals surface area contributed by atoms with Crippen LogP contribution in [-0.2, 0) is 6.54 Å². The van der Waals surface area contributed by atoms with Crippen LogP contribution in [0.15, 0.2) is 30.6 Å². The Labute approximate surface area is 103 Å².